The molecule has 2 N–H and O–H groups in total. The van der Waals surface area contributed by atoms with Crippen LogP contribution in [0.15, 0.2) is 66.0 Å². The molecule has 8 nitrogen and oxygen atoms in total. The van der Waals surface area contributed by atoms with Gasteiger partial charge in [0.05, 0.1) is 12.3 Å². The third-order valence-electron chi connectivity index (χ3n) is 6.18. The first-order valence-electron chi connectivity index (χ1n) is 12.0. The van der Waals surface area contributed by atoms with Crippen LogP contribution in [0.5, 0.6) is 11.5 Å². The van der Waals surface area contributed by atoms with Crippen molar-refractivity contribution in [3.05, 3.63) is 83.2 Å². The summed E-state index contributed by atoms with van der Waals surface area (Å²) in [5.41, 5.74) is 7.87. The quantitative estimate of drug-likeness (QED) is 0.256. The molecule has 37 heavy (non-hydrogen) atoms. The van der Waals surface area contributed by atoms with Crippen LogP contribution < -0.4 is 20.2 Å². The van der Waals surface area contributed by atoms with E-state index in [0.29, 0.717) is 29.6 Å². The predicted octanol–water partition coefficient (Wildman–Crippen LogP) is 5.03. The van der Waals surface area contributed by atoms with E-state index in [1.54, 1.807) is 31.5 Å². The molecule has 192 valence electrons. The highest BCUT2D eigenvalue weighted by molar-refractivity contribution is 7.80. The number of nitrogens with one attached hydrogen (secondary N) is 2. The van der Waals surface area contributed by atoms with E-state index in [2.05, 4.69) is 33.8 Å². The van der Waals surface area contributed by atoms with Gasteiger partial charge in [0, 0.05) is 35.6 Å². The number of aromatic nitrogens is 1. The van der Waals surface area contributed by atoms with Crippen molar-refractivity contribution >= 4 is 34.7 Å². The highest BCUT2D eigenvalue weighted by atomic mass is 32.1. The second-order valence-corrected chi connectivity index (χ2v) is 9.28. The Kier molecular flexibility index (Phi) is 8.03. The lowest BCUT2D eigenvalue weighted by atomic mass is 9.86. The van der Waals surface area contributed by atoms with Gasteiger partial charge in [0.15, 0.2) is 11.7 Å². The Bertz CT molecular complexity index is 1330. The molecule has 2 heterocycles. The molecular weight excluding hydrogens is 488 g/mol. The van der Waals surface area contributed by atoms with E-state index in [4.69, 9.17) is 26.4 Å². The Morgan fingerprint density at radius 1 is 1.22 bits per heavy atom. The Morgan fingerprint density at radius 3 is 2.81 bits per heavy atom. The normalized spacial score (nSPS) is 17.4. The molecule has 9 heteroatoms. The number of carbonyl (C=O) groups is 1. The molecule has 4 rings (SSSR count). The molecule has 0 unspecified atom stereocenters. The third kappa shape index (κ3) is 6.24. The first-order valence-corrected chi connectivity index (χ1v) is 12.4. The van der Waals surface area contributed by atoms with Crippen molar-refractivity contribution in [3.63, 3.8) is 0 Å². The van der Waals surface area contributed by atoms with Gasteiger partial charge in [0.1, 0.15) is 17.1 Å². The maximum absolute atomic E-state index is 11.8. The smallest absolute Gasteiger partial charge is 0.344 e. The van der Waals surface area contributed by atoms with E-state index in [0.717, 1.165) is 28.1 Å². The number of hydrazone groups is 1. The van der Waals surface area contributed by atoms with Crippen LogP contribution in [0, 0.1) is 13.8 Å². The van der Waals surface area contributed by atoms with Crippen LogP contribution in [0.4, 0.5) is 5.69 Å². The van der Waals surface area contributed by atoms with Crippen LogP contribution in [0.3, 0.4) is 0 Å². The molecule has 3 aromatic rings. The van der Waals surface area contributed by atoms with E-state index in [1.807, 2.05) is 44.2 Å². The molecule has 0 amide bonds. The van der Waals surface area contributed by atoms with Gasteiger partial charge in [0.2, 0.25) is 0 Å². The number of pyridine rings is 1. The number of hydrogen-bond donors (Lipinski definition) is 2. The van der Waals surface area contributed by atoms with Crippen molar-refractivity contribution in [2.75, 3.05) is 18.5 Å². The Hall–Kier alpha value is -3.98. The van der Waals surface area contributed by atoms with Crippen molar-refractivity contribution < 1.29 is 19.0 Å². The molecule has 1 aliphatic heterocycles. The average molecular weight is 519 g/mol. The van der Waals surface area contributed by atoms with Crippen LogP contribution in [0.2, 0.25) is 0 Å². The first-order chi connectivity index (χ1) is 17.8. The van der Waals surface area contributed by atoms with Gasteiger partial charge in [-0.2, -0.15) is 5.10 Å². The molecule has 2 aromatic carbocycles. The van der Waals surface area contributed by atoms with E-state index in [9.17, 15) is 4.79 Å². The fourth-order valence-electron chi connectivity index (χ4n) is 4.04. The van der Waals surface area contributed by atoms with E-state index < -0.39 is 11.6 Å². The van der Waals surface area contributed by atoms with Crippen molar-refractivity contribution in [2.45, 2.75) is 39.7 Å². The SMILES string of the molecule is CCOC(=O)COc1ccc2c(c1)/C(=N\NC(=S)Nc1cccc(C)c1C)C[C@@](C)(c1cccnc1)O2. The first kappa shape index (κ1) is 26.1. The van der Waals surface area contributed by atoms with Gasteiger partial charge < -0.3 is 19.5 Å². The molecule has 1 atom stereocenters. The second-order valence-electron chi connectivity index (χ2n) is 8.87. The number of anilines is 1. The van der Waals surface area contributed by atoms with Gasteiger partial charge in [-0.25, -0.2) is 4.79 Å². The maximum Gasteiger partial charge on any atom is 0.344 e. The number of ether oxygens (including phenoxy) is 3. The van der Waals surface area contributed by atoms with Gasteiger partial charge in [-0.1, -0.05) is 18.2 Å². The third-order valence-corrected chi connectivity index (χ3v) is 6.37. The average Bonchev–Trinajstić information content (AvgIpc) is 2.89. The van der Waals surface area contributed by atoms with E-state index >= 15 is 0 Å². The molecule has 0 bridgehead atoms. The summed E-state index contributed by atoms with van der Waals surface area (Å²) in [6.45, 7) is 7.96. The van der Waals surface area contributed by atoms with Crippen LogP contribution >= 0.6 is 12.2 Å². The Labute approximate surface area is 222 Å². The second kappa shape index (κ2) is 11.4. The molecule has 0 saturated carbocycles. The van der Waals surface area contributed by atoms with Crippen molar-refractivity contribution in [1.82, 2.24) is 10.4 Å². The fourth-order valence-corrected chi connectivity index (χ4v) is 4.20. The monoisotopic (exact) mass is 518 g/mol. The number of thiocarbonyl (C=S) groups is 1. The number of nitrogens with zero attached hydrogens (tertiary/aromatic N) is 2. The number of benzene rings is 2. The number of carbonyl (C=O) groups excluding carboxylic acids is 1. The topological polar surface area (TPSA) is 94.1 Å². The molecule has 0 fully saturated rings. The molecule has 1 aliphatic rings. The predicted molar refractivity (Wildman–Crippen MR) is 147 cm³/mol. The lowest BCUT2D eigenvalue weighted by Gasteiger charge is -2.36. The zero-order valence-corrected chi connectivity index (χ0v) is 22.1. The Balaban J connectivity index is 1.61. The number of aryl methyl sites for hydroxylation is 1. The summed E-state index contributed by atoms with van der Waals surface area (Å²) in [6.07, 6.45) is 3.97. The largest absolute Gasteiger partial charge is 0.482 e. The standard InChI is InChI=1S/C28H30N4O4S/c1-5-34-26(33)17-35-21-11-12-25-22(14-21)24(15-28(4,36-25)20-9-7-13-29-16-20)31-32-27(37)30-23-10-6-8-18(2)19(23)3/h6-14,16H,5,15,17H2,1-4H3,(H2,30,32,37)/b31-24-/t28-/m0/s1. The summed E-state index contributed by atoms with van der Waals surface area (Å²) in [5.74, 6) is 0.707. The zero-order chi connectivity index (χ0) is 26.4. The van der Waals surface area contributed by atoms with Crippen LogP contribution in [0.1, 0.15) is 42.5 Å². The molecule has 0 aliphatic carbocycles. The number of esters is 1. The van der Waals surface area contributed by atoms with Gasteiger partial charge in [0.25, 0.3) is 0 Å². The summed E-state index contributed by atoms with van der Waals surface area (Å²) < 4.78 is 17.0. The van der Waals surface area contributed by atoms with E-state index in [-0.39, 0.29) is 6.61 Å². The molecule has 0 radical (unpaired) electrons. The van der Waals surface area contributed by atoms with Gasteiger partial charge in [-0.3, -0.25) is 10.4 Å². The molecule has 1 aromatic heterocycles. The molecule has 0 saturated heterocycles. The van der Waals surface area contributed by atoms with Crippen LogP contribution in [0.25, 0.3) is 0 Å². The zero-order valence-electron chi connectivity index (χ0n) is 21.3. The summed E-state index contributed by atoms with van der Waals surface area (Å²) in [4.78, 5) is 16.0. The van der Waals surface area contributed by atoms with E-state index in [1.165, 1.54) is 5.56 Å². The molecule has 0 spiro atoms. The van der Waals surface area contributed by atoms with Crippen LogP contribution in [-0.2, 0) is 15.1 Å². The summed E-state index contributed by atoms with van der Waals surface area (Å²) in [5, 5.41) is 8.26. The maximum atomic E-state index is 11.8. The fraction of sp³-hybridized carbons (Fsp3) is 0.286. The summed E-state index contributed by atoms with van der Waals surface area (Å²) in [7, 11) is 0. The number of rotatable bonds is 7. The minimum Gasteiger partial charge on any atom is -0.482 e. The molecular formula is C28H30N4O4S. The number of fused-ring (bicyclic) bond motifs is 1. The highest BCUT2D eigenvalue weighted by Gasteiger charge is 2.37. The summed E-state index contributed by atoms with van der Waals surface area (Å²) >= 11 is 5.53. The van der Waals surface area contributed by atoms with Gasteiger partial charge in [-0.05, 0) is 81.4 Å². The summed E-state index contributed by atoms with van der Waals surface area (Å²) in [6, 6.07) is 15.2. The van der Waals surface area contributed by atoms with Gasteiger partial charge in [-0.15, -0.1) is 0 Å². The number of hydrogen-bond acceptors (Lipinski definition) is 7. The van der Waals surface area contributed by atoms with Gasteiger partial charge >= 0.3 is 5.97 Å². The highest BCUT2D eigenvalue weighted by Crippen LogP contribution is 2.40. The van der Waals surface area contributed by atoms with Crippen molar-refractivity contribution in [1.29, 1.82) is 0 Å². The lowest BCUT2D eigenvalue weighted by Crippen LogP contribution is -2.38. The van der Waals surface area contributed by atoms with Crippen molar-refractivity contribution in [2.24, 2.45) is 5.10 Å². The van der Waals surface area contributed by atoms with Crippen molar-refractivity contribution in [3.8, 4) is 11.5 Å². The van der Waals surface area contributed by atoms with Crippen LogP contribution in [-0.4, -0.2) is 35.0 Å². The Morgan fingerprint density at radius 2 is 2.05 bits per heavy atom. The minimum absolute atomic E-state index is 0.185. The lowest BCUT2D eigenvalue weighted by molar-refractivity contribution is -0.145. The minimum atomic E-state index is -0.697.